The number of carbonyl (C=O) groups excluding carboxylic acids is 1. The van der Waals surface area contributed by atoms with Gasteiger partial charge < -0.3 is 5.32 Å². The number of nitrogens with one attached hydrogen (secondary N) is 1. The van der Waals surface area contributed by atoms with Crippen LogP contribution in [0.1, 0.15) is 16.7 Å². The number of nitrogens with zero attached hydrogens (tertiary/aromatic N) is 2. The van der Waals surface area contributed by atoms with E-state index in [-0.39, 0.29) is 18.1 Å². The first-order valence-corrected chi connectivity index (χ1v) is 7.87. The van der Waals surface area contributed by atoms with Crippen molar-refractivity contribution in [1.29, 1.82) is 0 Å². The Labute approximate surface area is 140 Å². The van der Waals surface area contributed by atoms with Gasteiger partial charge in [0.2, 0.25) is 5.91 Å². The summed E-state index contributed by atoms with van der Waals surface area (Å²) in [6, 6.07) is 12.7. The van der Waals surface area contributed by atoms with Crippen LogP contribution < -0.4 is 5.32 Å². The minimum absolute atomic E-state index is 0.0252. The van der Waals surface area contributed by atoms with E-state index in [0.717, 1.165) is 25.1 Å². The maximum absolute atomic E-state index is 12.3. The molecule has 0 fully saturated rings. The minimum Gasteiger partial charge on any atom is -0.324 e. The summed E-state index contributed by atoms with van der Waals surface area (Å²) in [5.41, 5.74) is 3.86. The molecular formula is C18H19N3O3. The highest BCUT2D eigenvalue weighted by molar-refractivity contribution is 5.93. The lowest BCUT2D eigenvalue weighted by atomic mass is 10.00. The van der Waals surface area contributed by atoms with E-state index in [2.05, 4.69) is 22.3 Å². The van der Waals surface area contributed by atoms with Gasteiger partial charge in [-0.1, -0.05) is 30.3 Å². The van der Waals surface area contributed by atoms with Crippen LogP contribution in [0.4, 0.5) is 11.4 Å². The normalized spacial score (nSPS) is 14.0. The van der Waals surface area contributed by atoms with Gasteiger partial charge in [-0.15, -0.1) is 0 Å². The zero-order valence-corrected chi connectivity index (χ0v) is 13.5. The second kappa shape index (κ2) is 6.80. The number of non-ortho nitro benzene ring substituents is 1. The first kappa shape index (κ1) is 16.1. The number of hydrogen-bond acceptors (Lipinski definition) is 4. The largest absolute Gasteiger partial charge is 0.324 e. The van der Waals surface area contributed by atoms with Crippen molar-refractivity contribution in [2.45, 2.75) is 19.9 Å². The number of benzene rings is 2. The number of nitro groups is 1. The summed E-state index contributed by atoms with van der Waals surface area (Å²) >= 11 is 0. The van der Waals surface area contributed by atoms with Crippen LogP contribution in [0.2, 0.25) is 0 Å². The summed E-state index contributed by atoms with van der Waals surface area (Å²) in [5, 5.41) is 13.7. The number of amides is 1. The van der Waals surface area contributed by atoms with Crippen LogP contribution in [0.5, 0.6) is 0 Å². The second-order valence-electron chi connectivity index (χ2n) is 6.03. The molecule has 0 unspecified atom stereocenters. The molecule has 0 atom stereocenters. The van der Waals surface area contributed by atoms with Gasteiger partial charge in [0.25, 0.3) is 5.69 Å². The minimum atomic E-state index is -0.462. The molecule has 0 aromatic heterocycles. The Morgan fingerprint density at radius 3 is 2.75 bits per heavy atom. The lowest BCUT2D eigenvalue weighted by molar-refractivity contribution is -0.384. The van der Waals surface area contributed by atoms with Crippen LogP contribution in [0.3, 0.4) is 0 Å². The van der Waals surface area contributed by atoms with Crippen molar-refractivity contribution in [2.75, 3.05) is 18.4 Å². The van der Waals surface area contributed by atoms with Crippen molar-refractivity contribution in [3.8, 4) is 0 Å². The summed E-state index contributed by atoms with van der Waals surface area (Å²) in [5.74, 6) is -0.155. The van der Waals surface area contributed by atoms with E-state index in [9.17, 15) is 14.9 Å². The highest BCUT2D eigenvalue weighted by Crippen LogP contribution is 2.22. The Morgan fingerprint density at radius 2 is 2.00 bits per heavy atom. The van der Waals surface area contributed by atoms with Gasteiger partial charge in [0.05, 0.1) is 17.2 Å². The third kappa shape index (κ3) is 3.60. The van der Waals surface area contributed by atoms with E-state index in [1.165, 1.54) is 23.3 Å². The van der Waals surface area contributed by atoms with Gasteiger partial charge in [0, 0.05) is 25.2 Å². The topological polar surface area (TPSA) is 75.5 Å². The molecule has 1 heterocycles. The zero-order valence-electron chi connectivity index (χ0n) is 13.5. The molecule has 0 aliphatic carbocycles. The quantitative estimate of drug-likeness (QED) is 0.693. The van der Waals surface area contributed by atoms with E-state index >= 15 is 0 Å². The molecular weight excluding hydrogens is 306 g/mol. The number of rotatable bonds is 4. The van der Waals surface area contributed by atoms with Crippen LogP contribution in [-0.2, 0) is 17.8 Å². The van der Waals surface area contributed by atoms with Crippen LogP contribution in [0.25, 0.3) is 0 Å². The molecule has 6 heteroatoms. The Hall–Kier alpha value is -2.73. The molecule has 1 aliphatic heterocycles. The van der Waals surface area contributed by atoms with Crippen LogP contribution in [0.15, 0.2) is 42.5 Å². The average molecular weight is 325 g/mol. The molecule has 0 spiro atoms. The van der Waals surface area contributed by atoms with Gasteiger partial charge in [0.1, 0.15) is 0 Å². The van der Waals surface area contributed by atoms with Crippen LogP contribution in [0, 0.1) is 17.0 Å². The fourth-order valence-electron chi connectivity index (χ4n) is 2.94. The van der Waals surface area contributed by atoms with E-state index in [4.69, 9.17) is 0 Å². The Balaban J connectivity index is 1.65. The van der Waals surface area contributed by atoms with E-state index < -0.39 is 4.92 Å². The summed E-state index contributed by atoms with van der Waals surface area (Å²) in [6.45, 7) is 3.67. The third-order valence-corrected chi connectivity index (χ3v) is 4.28. The van der Waals surface area contributed by atoms with E-state index in [1.54, 1.807) is 6.07 Å². The lowest BCUT2D eigenvalue weighted by Gasteiger charge is -2.28. The van der Waals surface area contributed by atoms with Crippen LogP contribution >= 0.6 is 0 Å². The SMILES string of the molecule is Cc1ccc([N+](=O)[O-])cc1NC(=O)CN1CCc2ccccc2C1. The highest BCUT2D eigenvalue weighted by atomic mass is 16.6. The maximum atomic E-state index is 12.3. The Bertz CT molecular complexity index is 789. The molecule has 2 aromatic carbocycles. The summed E-state index contributed by atoms with van der Waals surface area (Å²) < 4.78 is 0. The predicted octanol–water partition coefficient (Wildman–Crippen LogP) is 2.90. The number of carbonyl (C=O) groups is 1. The van der Waals surface area contributed by atoms with Gasteiger partial charge in [-0.25, -0.2) is 0 Å². The Kier molecular flexibility index (Phi) is 4.57. The molecule has 0 saturated heterocycles. The first-order chi connectivity index (χ1) is 11.5. The fourth-order valence-corrected chi connectivity index (χ4v) is 2.94. The number of nitro benzene ring substituents is 1. The average Bonchev–Trinajstić information content (AvgIpc) is 2.56. The van der Waals surface area contributed by atoms with Crippen molar-refractivity contribution < 1.29 is 9.72 Å². The van der Waals surface area contributed by atoms with Crippen LogP contribution in [-0.4, -0.2) is 28.8 Å². The molecule has 0 saturated carbocycles. The van der Waals surface area contributed by atoms with Crippen molar-refractivity contribution in [1.82, 2.24) is 4.90 Å². The molecule has 24 heavy (non-hydrogen) atoms. The van der Waals surface area contributed by atoms with Crippen molar-refractivity contribution in [3.05, 3.63) is 69.3 Å². The number of anilines is 1. The Morgan fingerprint density at radius 1 is 1.25 bits per heavy atom. The molecule has 2 aromatic rings. The molecule has 1 aliphatic rings. The molecule has 1 N–H and O–H groups in total. The fraction of sp³-hybridized carbons (Fsp3) is 0.278. The molecule has 0 radical (unpaired) electrons. The maximum Gasteiger partial charge on any atom is 0.271 e. The number of aryl methyl sites for hydroxylation is 1. The van der Waals surface area contributed by atoms with E-state index in [1.807, 2.05) is 19.1 Å². The lowest BCUT2D eigenvalue weighted by Crippen LogP contribution is -2.37. The van der Waals surface area contributed by atoms with E-state index in [0.29, 0.717) is 5.69 Å². The van der Waals surface area contributed by atoms with Crippen molar-refractivity contribution in [3.63, 3.8) is 0 Å². The van der Waals surface area contributed by atoms with Crippen molar-refractivity contribution in [2.24, 2.45) is 0 Å². The zero-order chi connectivity index (χ0) is 17.1. The highest BCUT2D eigenvalue weighted by Gasteiger charge is 2.19. The third-order valence-electron chi connectivity index (χ3n) is 4.28. The number of hydrogen-bond donors (Lipinski definition) is 1. The summed E-state index contributed by atoms with van der Waals surface area (Å²) in [6.07, 6.45) is 0.930. The van der Waals surface area contributed by atoms with Gasteiger partial charge in [0.15, 0.2) is 0 Å². The predicted molar refractivity (Wildman–Crippen MR) is 91.9 cm³/mol. The molecule has 0 bridgehead atoms. The van der Waals surface area contributed by atoms with Crippen molar-refractivity contribution >= 4 is 17.3 Å². The molecule has 124 valence electrons. The molecule has 1 amide bonds. The molecule has 6 nitrogen and oxygen atoms in total. The van der Waals surface area contributed by atoms with Gasteiger partial charge in [-0.05, 0) is 30.0 Å². The van der Waals surface area contributed by atoms with Gasteiger partial charge in [-0.3, -0.25) is 19.8 Å². The second-order valence-corrected chi connectivity index (χ2v) is 6.03. The summed E-state index contributed by atoms with van der Waals surface area (Å²) in [4.78, 5) is 24.8. The van der Waals surface area contributed by atoms with Gasteiger partial charge >= 0.3 is 0 Å². The molecule has 3 rings (SSSR count). The first-order valence-electron chi connectivity index (χ1n) is 7.87. The standard InChI is InChI=1S/C18H19N3O3/c1-13-6-7-16(21(23)24)10-17(13)19-18(22)12-20-9-8-14-4-2-3-5-15(14)11-20/h2-7,10H,8-9,11-12H2,1H3,(H,19,22). The summed E-state index contributed by atoms with van der Waals surface area (Å²) in [7, 11) is 0. The van der Waals surface area contributed by atoms with Gasteiger partial charge in [-0.2, -0.15) is 0 Å². The monoisotopic (exact) mass is 325 g/mol. The number of fused-ring (bicyclic) bond motifs is 1. The smallest absolute Gasteiger partial charge is 0.271 e.